The lowest BCUT2D eigenvalue weighted by atomic mass is 10.2. The normalized spacial score (nSPS) is 10.9. The third kappa shape index (κ3) is 1.63. The van der Waals surface area contributed by atoms with Crippen molar-refractivity contribution in [2.45, 2.75) is 0 Å². The average molecular weight is 264 g/mol. The molecule has 0 fully saturated rings. The van der Waals surface area contributed by atoms with E-state index in [0.29, 0.717) is 17.2 Å². The van der Waals surface area contributed by atoms with Gasteiger partial charge in [-0.25, -0.2) is 4.79 Å². The average Bonchev–Trinajstić information content (AvgIpc) is 2.93. The zero-order valence-electron chi connectivity index (χ0n) is 8.87. The van der Waals surface area contributed by atoms with Crippen LogP contribution < -0.4 is 0 Å². The van der Waals surface area contributed by atoms with Crippen LogP contribution in [0.2, 0.25) is 5.22 Å². The van der Waals surface area contributed by atoms with Gasteiger partial charge >= 0.3 is 5.97 Å². The zero-order valence-corrected chi connectivity index (χ0v) is 9.63. The summed E-state index contributed by atoms with van der Waals surface area (Å²) in [4.78, 5) is 10.8. The van der Waals surface area contributed by atoms with Crippen molar-refractivity contribution < 1.29 is 14.3 Å². The van der Waals surface area contributed by atoms with E-state index >= 15 is 0 Å². The molecule has 3 rings (SSSR count). The molecule has 0 aliphatic carbocycles. The number of hydrogen-bond donors (Lipinski definition) is 1. The topological polar surface area (TPSA) is 80.6 Å². The van der Waals surface area contributed by atoms with Crippen molar-refractivity contribution in [1.82, 2.24) is 14.6 Å². The van der Waals surface area contributed by atoms with Crippen molar-refractivity contribution in [3.63, 3.8) is 0 Å². The summed E-state index contributed by atoms with van der Waals surface area (Å²) in [6.07, 6.45) is 1.57. The number of fused-ring (bicyclic) bond motifs is 1. The molecule has 0 spiro atoms. The van der Waals surface area contributed by atoms with E-state index in [0.717, 1.165) is 0 Å². The Morgan fingerprint density at radius 2 is 2.17 bits per heavy atom. The van der Waals surface area contributed by atoms with Crippen LogP contribution in [-0.4, -0.2) is 25.7 Å². The molecule has 0 unspecified atom stereocenters. The van der Waals surface area contributed by atoms with Crippen LogP contribution in [0.1, 0.15) is 10.4 Å². The Morgan fingerprint density at radius 3 is 2.83 bits per heavy atom. The van der Waals surface area contributed by atoms with Gasteiger partial charge in [0.05, 0.1) is 5.56 Å². The van der Waals surface area contributed by atoms with E-state index < -0.39 is 5.97 Å². The highest BCUT2D eigenvalue weighted by atomic mass is 35.5. The van der Waals surface area contributed by atoms with Crippen LogP contribution in [0.15, 0.2) is 34.9 Å². The number of hydrogen-bond acceptors (Lipinski definition) is 4. The molecular formula is C11H6ClN3O3. The molecule has 0 atom stereocenters. The summed E-state index contributed by atoms with van der Waals surface area (Å²) in [5, 5.41) is 17.0. The molecule has 90 valence electrons. The summed E-state index contributed by atoms with van der Waals surface area (Å²) in [6.45, 7) is 0. The van der Waals surface area contributed by atoms with E-state index in [1.807, 2.05) is 0 Å². The first-order valence-corrected chi connectivity index (χ1v) is 5.37. The van der Waals surface area contributed by atoms with Gasteiger partial charge in [-0.1, -0.05) is 0 Å². The maximum atomic E-state index is 10.8. The summed E-state index contributed by atoms with van der Waals surface area (Å²) in [6, 6.07) is 6.17. The van der Waals surface area contributed by atoms with Crippen LogP contribution >= 0.6 is 11.6 Å². The number of halogens is 1. The highest BCUT2D eigenvalue weighted by molar-refractivity contribution is 6.28. The summed E-state index contributed by atoms with van der Waals surface area (Å²) >= 11 is 5.69. The number of nitrogens with zero attached hydrogens (tertiary/aromatic N) is 3. The van der Waals surface area contributed by atoms with Gasteiger partial charge in [0.2, 0.25) is 5.82 Å². The number of rotatable bonds is 2. The van der Waals surface area contributed by atoms with Crippen LogP contribution in [0.25, 0.3) is 17.2 Å². The number of carbonyl (C=O) groups is 1. The summed E-state index contributed by atoms with van der Waals surface area (Å²) < 4.78 is 6.87. The van der Waals surface area contributed by atoms with E-state index in [1.165, 1.54) is 12.1 Å². The smallest absolute Gasteiger partial charge is 0.335 e. The monoisotopic (exact) mass is 263 g/mol. The molecular weight excluding hydrogens is 258 g/mol. The molecule has 3 heterocycles. The van der Waals surface area contributed by atoms with E-state index in [9.17, 15) is 4.79 Å². The van der Waals surface area contributed by atoms with Crippen molar-refractivity contribution >= 4 is 23.2 Å². The molecule has 0 saturated heterocycles. The fourth-order valence-electron chi connectivity index (χ4n) is 1.63. The molecule has 0 aliphatic heterocycles. The lowest BCUT2D eigenvalue weighted by Gasteiger charge is -1.97. The molecule has 0 aliphatic rings. The van der Waals surface area contributed by atoms with Crippen molar-refractivity contribution in [1.29, 1.82) is 0 Å². The van der Waals surface area contributed by atoms with E-state index in [-0.39, 0.29) is 10.8 Å². The van der Waals surface area contributed by atoms with Gasteiger partial charge in [-0.2, -0.15) is 0 Å². The van der Waals surface area contributed by atoms with Gasteiger partial charge in [0, 0.05) is 6.20 Å². The second kappa shape index (κ2) is 3.85. The molecule has 6 nitrogen and oxygen atoms in total. The minimum absolute atomic E-state index is 0.152. The van der Waals surface area contributed by atoms with E-state index in [2.05, 4.69) is 10.2 Å². The van der Waals surface area contributed by atoms with Gasteiger partial charge in [0.15, 0.2) is 16.6 Å². The predicted octanol–water partition coefficient (Wildman–Crippen LogP) is 2.34. The summed E-state index contributed by atoms with van der Waals surface area (Å²) in [5.41, 5.74) is 0.580. The first-order valence-electron chi connectivity index (χ1n) is 4.99. The standard InChI is InChI=1S/C11H6ClN3O3/c12-8-2-1-7(18-8)10-14-13-9-5-6(11(16)17)3-4-15(9)10/h1-5H,(H,16,17). The number of furan rings is 1. The molecule has 3 aromatic rings. The predicted molar refractivity (Wildman–Crippen MR) is 62.7 cm³/mol. The van der Waals surface area contributed by atoms with Crippen LogP contribution in [-0.2, 0) is 0 Å². The molecule has 0 aromatic carbocycles. The van der Waals surface area contributed by atoms with Crippen LogP contribution in [0, 0.1) is 0 Å². The molecule has 0 amide bonds. The van der Waals surface area contributed by atoms with Gasteiger partial charge in [-0.05, 0) is 35.9 Å². The molecule has 0 saturated carbocycles. The van der Waals surface area contributed by atoms with Gasteiger partial charge < -0.3 is 9.52 Å². The van der Waals surface area contributed by atoms with Crippen LogP contribution in [0.4, 0.5) is 0 Å². The second-order valence-electron chi connectivity index (χ2n) is 3.58. The second-order valence-corrected chi connectivity index (χ2v) is 3.95. The Labute approximate surface area is 105 Å². The number of aromatic nitrogens is 3. The third-order valence-electron chi connectivity index (χ3n) is 2.45. The molecule has 3 aromatic heterocycles. The van der Waals surface area contributed by atoms with Gasteiger partial charge in [-0.3, -0.25) is 4.40 Å². The van der Waals surface area contributed by atoms with Gasteiger partial charge in [0.1, 0.15) is 0 Å². The Balaban J connectivity index is 2.18. The Hall–Kier alpha value is -2.34. The van der Waals surface area contributed by atoms with E-state index in [1.54, 1.807) is 22.7 Å². The fraction of sp³-hybridized carbons (Fsp3) is 0. The highest BCUT2D eigenvalue weighted by Gasteiger charge is 2.13. The number of carboxylic acid groups (broad SMARTS) is 1. The maximum Gasteiger partial charge on any atom is 0.335 e. The van der Waals surface area contributed by atoms with Gasteiger partial charge in [0.25, 0.3) is 0 Å². The van der Waals surface area contributed by atoms with Crippen molar-refractivity contribution in [2.24, 2.45) is 0 Å². The molecule has 0 radical (unpaired) electrons. The third-order valence-corrected chi connectivity index (χ3v) is 2.65. The highest BCUT2D eigenvalue weighted by Crippen LogP contribution is 2.23. The zero-order chi connectivity index (χ0) is 12.7. The van der Waals surface area contributed by atoms with Crippen molar-refractivity contribution in [3.05, 3.63) is 41.2 Å². The summed E-state index contributed by atoms with van der Waals surface area (Å²) in [7, 11) is 0. The molecule has 18 heavy (non-hydrogen) atoms. The van der Waals surface area contributed by atoms with Crippen molar-refractivity contribution in [2.75, 3.05) is 0 Å². The van der Waals surface area contributed by atoms with Crippen LogP contribution in [0.3, 0.4) is 0 Å². The summed E-state index contributed by atoms with van der Waals surface area (Å²) in [5.74, 6) is -0.0764. The molecule has 1 N–H and O–H groups in total. The lowest BCUT2D eigenvalue weighted by Crippen LogP contribution is -1.97. The Kier molecular flexibility index (Phi) is 2.31. The largest absolute Gasteiger partial charge is 0.478 e. The molecule has 0 bridgehead atoms. The number of pyridine rings is 1. The quantitative estimate of drug-likeness (QED) is 0.767. The number of carboxylic acids is 1. The minimum atomic E-state index is -1.01. The Bertz CT molecular complexity index is 747. The SMILES string of the molecule is O=C(O)c1ccn2c(-c3ccc(Cl)o3)nnc2c1. The van der Waals surface area contributed by atoms with Crippen LogP contribution in [0.5, 0.6) is 0 Å². The Morgan fingerprint density at radius 1 is 1.33 bits per heavy atom. The maximum absolute atomic E-state index is 10.8. The fourth-order valence-corrected chi connectivity index (χ4v) is 1.77. The van der Waals surface area contributed by atoms with Crippen molar-refractivity contribution in [3.8, 4) is 11.6 Å². The number of aromatic carboxylic acids is 1. The lowest BCUT2D eigenvalue weighted by molar-refractivity contribution is 0.0697. The first-order chi connectivity index (χ1) is 8.65. The first kappa shape index (κ1) is 10.8. The van der Waals surface area contributed by atoms with Gasteiger partial charge in [-0.15, -0.1) is 10.2 Å². The minimum Gasteiger partial charge on any atom is -0.478 e. The van der Waals surface area contributed by atoms with E-state index in [4.69, 9.17) is 21.1 Å². The molecule has 7 heteroatoms.